The van der Waals surface area contributed by atoms with Crippen LogP contribution in [0.15, 0.2) is 0 Å². The third-order valence-corrected chi connectivity index (χ3v) is 3.73. The van der Waals surface area contributed by atoms with Crippen molar-refractivity contribution in [1.29, 1.82) is 0 Å². The van der Waals surface area contributed by atoms with Gasteiger partial charge in [0.25, 0.3) is 0 Å². The predicted molar refractivity (Wildman–Crippen MR) is 74.6 cm³/mol. The van der Waals surface area contributed by atoms with Crippen LogP contribution in [-0.2, 0) is 4.79 Å². The van der Waals surface area contributed by atoms with E-state index in [0.717, 1.165) is 45.3 Å². The third kappa shape index (κ3) is 4.84. The van der Waals surface area contributed by atoms with E-state index in [1.54, 1.807) is 0 Å². The van der Waals surface area contributed by atoms with Crippen LogP contribution in [0.5, 0.6) is 0 Å². The molecule has 0 aromatic rings. The van der Waals surface area contributed by atoms with Gasteiger partial charge in [0.2, 0.25) is 5.91 Å². The Labute approximate surface area is 112 Å². The highest BCUT2D eigenvalue weighted by molar-refractivity contribution is 5.85. The molecule has 102 valence electrons. The molecule has 1 aliphatic rings. The highest BCUT2D eigenvalue weighted by Crippen LogP contribution is 2.40. The second kappa shape index (κ2) is 8.76. The zero-order valence-corrected chi connectivity index (χ0v) is 12.0. The summed E-state index contributed by atoms with van der Waals surface area (Å²) in [5.74, 6) is 0.283. The maximum absolute atomic E-state index is 12.1. The summed E-state index contributed by atoms with van der Waals surface area (Å²) in [5.41, 5.74) is -0.0369. The van der Waals surface area contributed by atoms with Crippen molar-refractivity contribution >= 4 is 18.3 Å². The average Bonchev–Trinajstić information content (AvgIpc) is 2.78. The molecule has 0 saturated heterocycles. The lowest BCUT2D eigenvalue weighted by Gasteiger charge is -2.26. The van der Waals surface area contributed by atoms with Gasteiger partial charge in [-0.15, -0.1) is 12.4 Å². The van der Waals surface area contributed by atoms with Crippen molar-refractivity contribution in [3.63, 3.8) is 0 Å². The van der Waals surface area contributed by atoms with E-state index >= 15 is 0 Å². The van der Waals surface area contributed by atoms with E-state index in [1.807, 2.05) is 0 Å². The minimum atomic E-state index is -0.0369. The Balaban J connectivity index is 0.00000256. The smallest absolute Gasteiger partial charge is 0.226 e. The van der Waals surface area contributed by atoms with Gasteiger partial charge < -0.3 is 10.6 Å². The topological polar surface area (TPSA) is 41.1 Å². The van der Waals surface area contributed by atoms with Crippen LogP contribution in [0.1, 0.15) is 52.4 Å². The van der Waals surface area contributed by atoms with Gasteiger partial charge in [0.05, 0.1) is 0 Å². The van der Waals surface area contributed by atoms with Crippen molar-refractivity contribution < 1.29 is 4.79 Å². The molecule has 0 aromatic heterocycles. The first-order chi connectivity index (χ1) is 7.75. The number of rotatable bonds is 7. The lowest BCUT2D eigenvalue weighted by atomic mass is 9.82. The maximum atomic E-state index is 12.1. The molecular formula is C13H27ClN2O. The predicted octanol–water partition coefficient (Wildman–Crippen LogP) is 2.49. The van der Waals surface area contributed by atoms with Gasteiger partial charge in [-0.2, -0.15) is 0 Å². The largest absolute Gasteiger partial charge is 0.354 e. The van der Waals surface area contributed by atoms with Crippen LogP contribution < -0.4 is 10.6 Å². The highest BCUT2D eigenvalue weighted by Gasteiger charge is 2.38. The van der Waals surface area contributed by atoms with E-state index < -0.39 is 0 Å². The highest BCUT2D eigenvalue weighted by atomic mass is 35.5. The molecule has 2 N–H and O–H groups in total. The van der Waals surface area contributed by atoms with E-state index in [4.69, 9.17) is 0 Å². The second-order valence-electron chi connectivity index (χ2n) is 4.85. The minimum Gasteiger partial charge on any atom is -0.354 e. The van der Waals surface area contributed by atoms with E-state index in [0.29, 0.717) is 0 Å². The summed E-state index contributed by atoms with van der Waals surface area (Å²) >= 11 is 0. The Bertz CT molecular complexity index is 215. The summed E-state index contributed by atoms with van der Waals surface area (Å²) in [5, 5.41) is 6.37. The first-order valence-corrected chi connectivity index (χ1v) is 6.74. The minimum absolute atomic E-state index is 0. The lowest BCUT2D eigenvalue weighted by molar-refractivity contribution is -0.130. The molecule has 17 heavy (non-hydrogen) atoms. The fourth-order valence-electron chi connectivity index (χ4n) is 2.55. The van der Waals surface area contributed by atoms with E-state index in [-0.39, 0.29) is 23.7 Å². The molecule has 0 atom stereocenters. The molecule has 0 spiro atoms. The number of halogens is 1. The van der Waals surface area contributed by atoms with Crippen molar-refractivity contribution in [2.75, 3.05) is 19.6 Å². The van der Waals surface area contributed by atoms with Gasteiger partial charge in [0, 0.05) is 18.5 Å². The molecule has 0 aromatic carbocycles. The molecule has 0 unspecified atom stereocenters. The van der Waals surface area contributed by atoms with E-state index in [1.165, 1.54) is 12.8 Å². The first-order valence-electron chi connectivity index (χ1n) is 6.74. The summed E-state index contributed by atoms with van der Waals surface area (Å²) in [7, 11) is 0. The number of hydrogen-bond acceptors (Lipinski definition) is 2. The molecule has 1 fully saturated rings. The summed E-state index contributed by atoms with van der Waals surface area (Å²) in [6, 6.07) is 0. The van der Waals surface area contributed by atoms with Crippen LogP contribution in [-0.4, -0.2) is 25.5 Å². The standard InChI is InChI=1S/C13H26N2O.ClH/c1-3-9-14-10-11-15-12(16)13(4-2)7-5-6-8-13;/h14H,3-11H2,1-2H3,(H,15,16);1H. The summed E-state index contributed by atoms with van der Waals surface area (Å²) in [6.07, 6.45) is 6.73. The molecule has 1 saturated carbocycles. The zero-order chi connectivity index (χ0) is 11.9. The molecule has 3 nitrogen and oxygen atoms in total. The monoisotopic (exact) mass is 262 g/mol. The SMILES string of the molecule is CCCNCCNC(=O)C1(CC)CCCC1.Cl. The average molecular weight is 263 g/mol. The fourth-order valence-corrected chi connectivity index (χ4v) is 2.55. The van der Waals surface area contributed by atoms with Crippen molar-refractivity contribution in [2.45, 2.75) is 52.4 Å². The quantitative estimate of drug-likeness (QED) is 0.692. The molecule has 0 radical (unpaired) electrons. The van der Waals surface area contributed by atoms with Crippen LogP contribution in [0.4, 0.5) is 0 Å². The summed E-state index contributed by atoms with van der Waals surface area (Å²) in [6.45, 7) is 6.98. The molecule has 1 aliphatic carbocycles. The zero-order valence-electron chi connectivity index (χ0n) is 11.2. The Kier molecular flexibility index (Phi) is 8.61. The van der Waals surface area contributed by atoms with Crippen molar-refractivity contribution in [2.24, 2.45) is 5.41 Å². The van der Waals surface area contributed by atoms with Gasteiger partial charge in [-0.05, 0) is 32.2 Å². The van der Waals surface area contributed by atoms with Gasteiger partial charge in [0.15, 0.2) is 0 Å². The molecular weight excluding hydrogens is 236 g/mol. The Hall–Kier alpha value is -0.280. The van der Waals surface area contributed by atoms with Gasteiger partial charge >= 0.3 is 0 Å². The third-order valence-electron chi connectivity index (χ3n) is 3.73. The van der Waals surface area contributed by atoms with Crippen molar-refractivity contribution in [3.8, 4) is 0 Å². The van der Waals surface area contributed by atoms with Crippen molar-refractivity contribution in [1.82, 2.24) is 10.6 Å². The number of amides is 1. The molecule has 0 bridgehead atoms. The number of carbonyl (C=O) groups is 1. The molecule has 0 heterocycles. The Morgan fingerprint density at radius 2 is 1.76 bits per heavy atom. The van der Waals surface area contributed by atoms with Gasteiger partial charge in [-0.25, -0.2) is 0 Å². The van der Waals surface area contributed by atoms with Crippen molar-refractivity contribution in [3.05, 3.63) is 0 Å². The van der Waals surface area contributed by atoms with Gasteiger partial charge in [0.1, 0.15) is 0 Å². The molecule has 0 aliphatic heterocycles. The van der Waals surface area contributed by atoms with Crippen LogP contribution in [0, 0.1) is 5.41 Å². The lowest BCUT2D eigenvalue weighted by Crippen LogP contribution is -2.41. The van der Waals surface area contributed by atoms with Crippen LogP contribution in [0.3, 0.4) is 0 Å². The number of nitrogens with one attached hydrogen (secondary N) is 2. The van der Waals surface area contributed by atoms with Gasteiger partial charge in [-0.1, -0.05) is 26.7 Å². The van der Waals surface area contributed by atoms with Crippen LogP contribution in [0.2, 0.25) is 0 Å². The van der Waals surface area contributed by atoms with Crippen LogP contribution in [0.25, 0.3) is 0 Å². The molecule has 4 heteroatoms. The molecule has 1 amide bonds. The molecule has 1 rings (SSSR count). The van der Waals surface area contributed by atoms with E-state index in [2.05, 4.69) is 24.5 Å². The fraction of sp³-hybridized carbons (Fsp3) is 0.923. The Morgan fingerprint density at radius 3 is 2.29 bits per heavy atom. The van der Waals surface area contributed by atoms with E-state index in [9.17, 15) is 4.79 Å². The first kappa shape index (κ1) is 16.7. The second-order valence-corrected chi connectivity index (χ2v) is 4.85. The summed E-state index contributed by atoms with van der Waals surface area (Å²) in [4.78, 5) is 12.1. The summed E-state index contributed by atoms with van der Waals surface area (Å²) < 4.78 is 0. The number of carbonyl (C=O) groups excluding carboxylic acids is 1. The number of hydrogen-bond donors (Lipinski definition) is 2. The van der Waals surface area contributed by atoms with Gasteiger partial charge in [-0.3, -0.25) is 4.79 Å². The normalized spacial score (nSPS) is 17.5. The van der Waals surface area contributed by atoms with Crippen LogP contribution >= 0.6 is 12.4 Å². The maximum Gasteiger partial charge on any atom is 0.226 e. The Morgan fingerprint density at radius 1 is 1.12 bits per heavy atom.